The van der Waals surface area contributed by atoms with Crippen LogP contribution in [-0.4, -0.2) is 29.5 Å². The van der Waals surface area contributed by atoms with E-state index in [9.17, 15) is 9.59 Å². The molecule has 3 amide bonds. The van der Waals surface area contributed by atoms with Gasteiger partial charge in [0, 0.05) is 36.7 Å². The number of amides is 3. The van der Waals surface area contributed by atoms with Crippen LogP contribution < -0.4 is 15.5 Å². The van der Waals surface area contributed by atoms with Gasteiger partial charge in [0.05, 0.1) is 6.04 Å². The van der Waals surface area contributed by atoms with E-state index in [4.69, 9.17) is 0 Å². The van der Waals surface area contributed by atoms with E-state index in [1.165, 1.54) is 0 Å². The van der Waals surface area contributed by atoms with E-state index in [0.717, 1.165) is 11.3 Å². The van der Waals surface area contributed by atoms with E-state index in [-0.39, 0.29) is 18.0 Å². The Bertz CT molecular complexity index is 700. The van der Waals surface area contributed by atoms with Crippen LogP contribution in [0.2, 0.25) is 0 Å². The topological polar surface area (TPSA) is 74.3 Å². The van der Waals surface area contributed by atoms with Gasteiger partial charge in [-0.1, -0.05) is 17.7 Å². The highest BCUT2D eigenvalue weighted by molar-refractivity contribution is 5.97. The second-order valence-electron chi connectivity index (χ2n) is 5.58. The predicted molar refractivity (Wildman–Crippen MR) is 88.3 cm³/mol. The minimum atomic E-state index is -0.320. The molecule has 0 bridgehead atoms. The maximum Gasteiger partial charge on any atom is 0.319 e. The number of aromatic nitrogens is 1. The van der Waals surface area contributed by atoms with Crippen LogP contribution in [0.4, 0.5) is 16.2 Å². The summed E-state index contributed by atoms with van der Waals surface area (Å²) in [4.78, 5) is 29.7. The van der Waals surface area contributed by atoms with Crippen molar-refractivity contribution in [1.82, 2.24) is 10.3 Å². The van der Waals surface area contributed by atoms with Gasteiger partial charge in [-0.2, -0.15) is 0 Å². The van der Waals surface area contributed by atoms with Crippen molar-refractivity contribution >= 4 is 23.3 Å². The summed E-state index contributed by atoms with van der Waals surface area (Å²) < 4.78 is 0. The second-order valence-corrected chi connectivity index (χ2v) is 5.58. The number of hydrogen-bond donors (Lipinski definition) is 2. The summed E-state index contributed by atoms with van der Waals surface area (Å²) in [5.41, 5.74) is 2.67. The summed E-state index contributed by atoms with van der Waals surface area (Å²) in [7, 11) is 0. The molecule has 6 heteroatoms. The fourth-order valence-corrected chi connectivity index (χ4v) is 2.57. The van der Waals surface area contributed by atoms with Gasteiger partial charge < -0.3 is 15.5 Å². The van der Waals surface area contributed by atoms with Crippen LogP contribution in [0.3, 0.4) is 0 Å². The summed E-state index contributed by atoms with van der Waals surface area (Å²) in [6.45, 7) is 2.48. The average Bonchev–Trinajstić information content (AvgIpc) is 2.89. The number of benzene rings is 1. The number of rotatable bonds is 3. The van der Waals surface area contributed by atoms with Crippen molar-refractivity contribution in [3.8, 4) is 0 Å². The Morgan fingerprint density at radius 2 is 1.87 bits per heavy atom. The average molecular weight is 310 g/mol. The van der Waals surface area contributed by atoms with E-state index in [1.54, 1.807) is 29.4 Å². The smallest absolute Gasteiger partial charge is 0.319 e. The van der Waals surface area contributed by atoms with Crippen molar-refractivity contribution in [2.45, 2.75) is 19.4 Å². The molecule has 1 unspecified atom stereocenters. The number of urea groups is 1. The summed E-state index contributed by atoms with van der Waals surface area (Å²) >= 11 is 0. The van der Waals surface area contributed by atoms with E-state index >= 15 is 0 Å². The number of hydrogen-bond acceptors (Lipinski definition) is 3. The molecule has 1 aliphatic heterocycles. The van der Waals surface area contributed by atoms with Crippen molar-refractivity contribution in [3.63, 3.8) is 0 Å². The Kier molecular flexibility index (Phi) is 4.23. The van der Waals surface area contributed by atoms with Gasteiger partial charge in [0.15, 0.2) is 0 Å². The molecule has 1 aromatic carbocycles. The van der Waals surface area contributed by atoms with Gasteiger partial charge in [-0.3, -0.25) is 9.78 Å². The number of nitrogens with zero attached hydrogens (tertiary/aromatic N) is 2. The first-order chi connectivity index (χ1) is 11.1. The van der Waals surface area contributed by atoms with Crippen molar-refractivity contribution in [1.29, 1.82) is 0 Å². The number of pyridine rings is 1. The van der Waals surface area contributed by atoms with E-state index < -0.39 is 0 Å². The Morgan fingerprint density at radius 1 is 1.17 bits per heavy atom. The molecule has 0 spiro atoms. The third-order valence-electron chi connectivity index (χ3n) is 3.74. The number of carbonyl (C=O) groups excluding carboxylic acids is 2. The molecule has 6 nitrogen and oxygen atoms in total. The molecule has 1 aliphatic rings. The van der Waals surface area contributed by atoms with Gasteiger partial charge in [-0.15, -0.1) is 0 Å². The van der Waals surface area contributed by atoms with Crippen molar-refractivity contribution < 1.29 is 9.59 Å². The Morgan fingerprint density at radius 3 is 2.57 bits per heavy atom. The molecule has 2 aromatic rings. The van der Waals surface area contributed by atoms with E-state index in [2.05, 4.69) is 15.6 Å². The number of nitrogens with one attached hydrogen (secondary N) is 2. The normalized spacial score (nSPS) is 17.2. The van der Waals surface area contributed by atoms with Crippen molar-refractivity contribution in [2.24, 2.45) is 0 Å². The molecular weight excluding hydrogens is 292 g/mol. The van der Waals surface area contributed by atoms with Crippen LogP contribution >= 0.6 is 0 Å². The second kappa shape index (κ2) is 6.48. The first-order valence-electron chi connectivity index (χ1n) is 7.46. The van der Waals surface area contributed by atoms with Gasteiger partial charge in [0.2, 0.25) is 5.91 Å². The fraction of sp³-hybridized carbons (Fsp3) is 0.235. The maximum absolute atomic E-state index is 12.2. The highest BCUT2D eigenvalue weighted by Crippen LogP contribution is 2.22. The molecule has 0 radical (unpaired) electrons. The zero-order valence-electron chi connectivity index (χ0n) is 12.8. The van der Waals surface area contributed by atoms with E-state index in [0.29, 0.717) is 18.7 Å². The van der Waals surface area contributed by atoms with Gasteiger partial charge in [0.1, 0.15) is 0 Å². The van der Waals surface area contributed by atoms with Crippen LogP contribution in [0.1, 0.15) is 12.0 Å². The first-order valence-corrected chi connectivity index (χ1v) is 7.46. The molecule has 1 fully saturated rings. The highest BCUT2D eigenvalue weighted by atomic mass is 16.2. The molecule has 2 N–H and O–H groups in total. The molecule has 1 atom stereocenters. The molecule has 2 heterocycles. The molecule has 3 rings (SSSR count). The predicted octanol–water partition coefficient (Wildman–Crippen LogP) is 2.32. The van der Waals surface area contributed by atoms with Gasteiger partial charge in [-0.05, 0) is 31.2 Å². The van der Waals surface area contributed by atoms with Gasteiger partial charge in [0.25, 0.3) is 0 Å². The lowest BCUT2D eigenvalue weighted by Gasteiger charge is -2.17. The van der Waals surface area contributed by atoms with Crippen LogP contribution in [0.5, 0.6) is 0 Å². The van der Waals surface area contributed by atoms with Crippen LogP contribution in [0, 0.1) is 6.92 Å². The molecule has 0 aliphatic carbocycles. The lowest BCUT2D eigenvalue weighted by Crippen LogP contribution is -2.39. The highest BCUT2D eigenvalue weighted by Gasteiger charge is 2.31. The van der Waals surface area contributed by atoms with Gasteiger partial charge >= 0.3 is 6.03 Å². The zero-order chi connectivity index (χ0) is 16.2. The van der Waals surface area contributed by atoms with E-state index in [1.807, 2.05) is 31.2 Å². The summed E-state index contributed by atoms with van der Waals surface area (Å²) in [6.07, 6.45) is 3.51. The Hall–Kier alpha value is -2.89. The SMILES string of the molecule is Cc1ccc(N2CC(NC(=O)Nc3ccncc3)CC2=O)cc1. The molecular formula is C17H18N4O2. The first kappa shape index (κ1) is 15.0. The minimum Gasteiger partial charge on any atom is -0.333 e. The van der Waals surface area contributed by atoms with Gasteiger partial charge in [-0.25, -0.2) is 4.79 Å². The summed E-state index contributed by atoms with van der Waals surface area (Å²) in [5.74, 6) is 0.0167. The standard InChI is InChI=1S/C17H18N4O2/c1-12-2-4-15(5-3-12)21-11-14(10-16(21)22)20-17(23)19-13-6-8-18-9-7-13/h2-9,14H,10-11H2,1H3,(H2,18,19,20,23). The van der Waals surface area contributed by atoms with Crippen LogP contribution in [0.15, 0.2) is 48.8 Å². The van der Waals surface area contributed by atoms with Crippen LogP contribution in [0.25, 0.3) is 0 Å². The number of anilines is 2. The largest absolute Gasteiger partial charge is 0.333 e. The summed E-state index contributed by atoms with van der Waals surface area (Å²) in [6, 6.07) is 10.7. The maximum atomic E-state index is 12.2. The zero-order valence-corrected chi connectivity index (χ0v) is 12.8. The number of aryl methyl sites for hydroxylation is 1. The summed E-state index contributed by atoms with van der Waals surface area (Å²) in [5, 5.41) is 5.56. The lowest BCUT2D eigenvalue weighted by atomic mass is 10.2. The van der Waals surface area contributed by atoms with Crippen molar-refractivity contribution in [3.05, 3.63) is 54.4 Å². The molecule has 23 heavy (non-hydrogen) atoms. The van der Waals surface area contributed by atoms with Crippen LogP contribution in [-0.2, 0) is 4.79 Å². The van der Waals surface area contributed by atoms with Crippen molar-refractivity contribution in [2.75, 3.05) is 16.8 Å². The Labute approximate surface area is 134 Å². The minimum absolute atomic E-state index is 0.0167. The molecule has 1 aromatic heterocycles. The molecule has 1 saturated heterocycles. The third-order valence-corrected chi connectivity index (χ3v) is 3.74. The third kappa shape index (κ3) is 3.66. The number of carbonyl (C=O) groups is 2. The molecule has 0 saturated carbocycles. The fourth-order valence-electron chi connectivity index (χ4n) is 2.57. The Balaban J connectivity index is 1.59. The lowest BCUT2D eigenvalue weighted by molar-refractivity contribution is -0.117. The molecule has 118 valence electrons. The monoisotopic (exact) mass is 310 g/mol. The quantitative estimate of drug-likeness (QED) is 0.913.